The second kappa shape index (κ2) is 7.42. The van der Waals surface area contributed by atoms with Crippen LogP contribution in [0.1, 0.15) is 36.6 Å². The van der Waals surface area contributed by atoms with E-state index in [-0.39, 0.29) is 36.1 Å². The molecule has 0 saturated carbocycles. The summed E-state index contributed by atoms with van der Waals surface area (Å²) < 4.78 is 7.02. The Morgan fingerprint density at radius 3 is 2.81 bits per heavy atom. The van der Waals surface area contributed by atoms with Crippen molar-refractivity contribution in [1.29, 1.82) is 0 Å². The first-order valence-electron chi connectivity index (χ1n) is 9.37. The zero-order valence-electron chi connectivity index (χ0n) is 15.1. The van der Waals surface area contributed by atoms with Gasteiger partial charge >= 0.3 is 0 Å². The molecule has 0 aliphatic carbocycles. The third-order valence-corrected chi connectivity index (χ3v) is 5.44. The van der Waals surface area contributed by atoms with Gasteiger partial charge in [0.15, 0.2) is 0 Å². The predicted molar refractivity (Wildman–Crippen MR) is 97.9 cm³/mol. The van der Waals surface area contributed by atoms with Gasteiger partial charge in [0.25, 0.3) is 5.56 Å². The van der Waals surface area contributed by atoms with Crippen molar-refractivity contribution in [3.8, 4) is 0 Å². The molecule has 7 nitrogen and oxygen atoms in total. The van der Waals surface area contributed by atoms with Crippen molar-refractivity contribution in [3.05, 3.63) is 58.4 Å². The zero-order valence-corrected chi connectivity index (χ0v) is 15.1. The van der Waals surface area contributed by atoms with E-state index in [1.807, 2.05) is 15.5 Å². The molecule has 1 saturated heterocycles. The molecule has 2 amide bonds. The molecule has 0 spiro atoms. The normalized spacial score (nSPS) is 20.8. The maximum atomic E-state index is 12.6. The van der Waals surface area contributed by atoms with Crippen LogP contribution in [0.3, 0.4) is 0 Å². The molecule has 0 aromatic carbocycles. The van der Waals surface area contributed by atoms with Crippen molar-refractivity contribution in [1.82, 2.24) is 14.8 Å². The van der Waals surface area contributed by atoms with Crippen LogP contribution in [0, 0.1) is 5.92 Å². The molecule has 27 heavy (non-hydrogen) atoms. The maximum absolute atomic E-state index is 12.6. The molecular weight excluding hydrogens is 346 g/mol. The highest BCUT2D eigenvalue weighted by atomic mass is 16.3. The quantitative estimate of drug-likeness (QED) is 0.865. The standard InChI is InChI=1S/C20H23N3O4/c24-18(21-10-16-3-2-8-27-16)6-7-19(25)22-11-14-9-15(13-22)17-4-1-5-20(26)23(17)12-14/h1-5,8,14-15H,6-7,9-13H2,(H,21,24)/t14-,15-/m0/s1. The number of furan rings is 1. The zero-order chi connectivity index (χ0) is 18.8. The highest BCUT2D eigenvalue weighted by Gasteiger charge is 2.36. The first kappa shape index (κ1) is 17.6. The Bertz CT molecular complexity index is 887. The summed E-state index contributed by atoms with van der Waals surface area (Å²) in [6.45, 7) is 2.27. The van der Waals surface area contributed by atoms with Gasteiger partial charge in [-0.3, -0.25) is 14.4 Å². The molecule has 0 radical (unpaired) electrons. The third-order valence-electron chi connectivity index (χ3n) is 5.44. The van der Waals surface area contributed by atoms with E-state index in [1.54, 1.807) is 30.5 Å². The van der Waals surface area contributed by atoms with Gasteiger partial charge in [0.05, 0.1) is 12.8 Å². The van der Waals surface area contributed by atoms with Crippen LogP contribution >= 0.6 is 0 Å². The van der Waals surface area contributed by atoms with Crippen molar-refractivity contribution in [2.24, 2.45) is 5.92 Å². The number of aromatic nitrogens is 1. The van der Waals surface area contributed by atoms with E-state index < -0.39 is 0 Å². The van der Waals surface area contributed by atoms with Gasteiger partial charge in [-0.05, 0) is 30.5 Å². The second-order valence-electron chi connectivity index (χ2n) is 7.35. The number of hydrogen-bond acceptors (Lipinski definition) is 4. The molecule has 0 unspecified atom stereocenters. The number of hydrogen-bond donors (Lipinski definition) is 1. The van der Waals surface area contributed by atoms with Crippen LogP contribution in [0.4, 0.5) is 0 Å². The van der Waals surface area contributed by atoms with E-state index in [4.69, 9.17) is 4.42 Å². The van der Waals surface area contributed by atoms with Gasteiger partial charge in [0.2, 0.25) is 11.8 Å². The lowest BCUT2D eigenvalue weighted by molar-refractivity contribution is -0.136. The fourth-order valence-corrected chi connectivity index (χ4v) is 4.17. The van der Waals surface area contributed by atoms with Crippen LogP contribution in [0.2, 0.25) is 0 Å². The first-order chi connectivity index (χ1) is 13.1. The van der Waals surface area contributed by atoms with Crippen LogP contribution in [-0.2, 0) is 22.7 Å². The number of carbonyl (C=O) groups excluding carboxylic acids is 2. The minimum atomic E-state index is -0.158. The van der Waals surface area contributed by atoms with E-state index in [0.717, 1.165) is 12.1 Å². The molecule has 2 atom stereocenters. The SMILES string of the molecule is O=C(CCC(=O)N1C[C@@H]2C[C@@H](C1)c1cccc(=O)n1C2)NCc1ccco1. The summed E-state index contributed by atoms with van der Waals surface area (Å²) in [7, 11) is 0. The first-order valence-corrected chi connectivity index (χ1v) is 9.37. The van der Waals surface area contributed by atoms with Crippen molar-refractivity contribution in [2.45, 2.75) is 38.3 Å². The predicted octanol–water partition coefficient (Wildman–Crippen LogP) is 1.48. The van der Waals surface area contributed by atoms with Gasteiger partial charge in [0.1, 0.15) is 5.76 Å². The van der Waals surface area contributed by atoms with E-state index in [2.05, 4.69) is 5.32 Å². The number of rotatable bonds is 5. The largest absolute Gasteiger partial charge is 0.467 e. The number of fused-ring (bicyclic) bond motifs is 4. The number of nitrogens with one attached hydrogen (secondary N) is 1. The number of likely N-dealkylation sites (tertiary alicyclic amines) is 1. The van der Waals surface area contributed by atoms with E-state index >= 15 is 0 Å². The molecular formula is C20H23N3O4. The summed E-state index contributed by atoms with van der Waals surface area (Å²) in [5.41, 5.74) is 1.06. The van der Waals surface area contributed by atoms with Gasteiger partial charge in [-0.2, -0.15) is 0 Å². The molecule has 2 bridgehead atoms. The van der Waals surface area contributed by atoms with Crippen molar-refractivity contribution in [3.63, 3.8) is 0 Å². The third kappa shape index (κ3) is 3.82. The molecule has 2 aliphatic heterocycles. The fraction of sp³-hybridized carbons (Fsp3) is 0.450. The number of amides is 2. The number of pyridine rings is 1. The molecule has 1 fully saturated rings. The summed E-state index contributed by atoms with van der Waals surface area (Å²) in [6.07, 6.45) is 2.94. The molecule has 2 aromatic heterocycles. The summed E-state index contributed by atoms with van der Waals surface area (Å²) in [6, 6.07) is 8.93. The minimum absolute atomic E-state index is 0.00424. The molecule has 4 heterocycles. The topological polar surface area (TPSA) is 84.5 Å². The van der Waals surface area contributed by atoms with Crippen LogP contribution < -0.4 is 10.9 Å². The van der Waals surface area contributed by atoms with Crippen LogP contribution in [0.5, 0.6) is 0 Å². The number of nitrogens with zero attached hydrogens (tertiary/aromatic N) is 2. The summed E-state index contributed by atoms with van der Waals surface area (Å²) in [4.78, 5) is 38.5. The van der Waals surface area contributed by atoms with Crippen LogP contribution in [-0.4, -0.2) is 34.4 Å². The van der Waals surface area contributed by atoms with Crippen molar-refractivity contribution < 1.29 is 14.0 Å². The molecule has 142 valence electrons. The lowest BCUT2D eigenvalue weighted by Gasteiger charge is -2.42. The Labute approximate surface area is 157 Å². The Morgan fingerprint density at radius 1 is 1.11 bits per heavy atom. The molecule has 1 N–H and O–H groups in total. The van der Waals surface area contributed by atoms with Crippen LogP contribution in [0.25, 0.3) is 0 Å². The highest BCUT2D eigenvalue weighted by Crippen LogP contribution is 2.35. The van der Waals surface area contributed by atoms with Crippen LogP contribution in [0.15, 0.2) is 45.8 Å². The summed E-state index contributed by atoms with van der Waals surface area (Å²) >= 11 is 0. The average molecular weight is 369 g/mol. The van der Waals surface area contributed by atoms with Gasteiger partial charge in [-0.15, -0.1) is 0 Å². The smallest absolute Gasteiger partial charge is 0.250 e. The number of piperidine rings is 1. The summed E-state index contributed by atoms with van der Waals surface area (Å²) in [5, 5.41) is 2.76. The van der Waals surface area contributed by atoms with E-state index in [0.29, 0.717) is 37.9 Å². The Kier molecular flexibility index (Phi) is 4.83. The van der Waals surface area contributed by atoms with Gasteiger partial charge in [-0.1, -0.05) is 6.07 Å². The molecule has 2 aliphatic rings. The monoisotopic (exact) mass is 369 g/mol. The van der Waals surface area contributed by atoms with Gasteiger partial charge < -0.3 is 19.2 Å². The van der Waals surface area contributed by atoms with Gasteiger partial charge in [0, 0.05) is 50.2 Å². The fourth-order valence-electron chi connectivity index (χ4n) is 4.17. The molecule has 7 heteroatoms. The maximum Gasteiger partial charge on any atom is 0.250 e. The minimum Gasteiger partial charge on any atom is -0.467 e. The number of carbonyl (C=O) groups is 2. The van der Waals surface area contributed by atoms with Crippen molar-refractivity contribution in [2.75, 3.05) is 13.1 Å². The Balaban J connectivity index is 1.31. The lowest BCUT2D eigenvalue weighted by atomic mass is 9.83. The molecule has 4 rings (SSSR count). The van der Waals surface area contributed by atoms with Gasteiger partial charge in [-0.25, -0.2) is 0 Å². The molecule has 2 aromatic rings. The van der Waals surface area contributed by atoms with E-state index in [9.17, 15) is 14.4 Å². The lowest BCUT2D eigenvalue weighted by Crippen LogP contribution is -2.49. The summed E-state index contributed by atoms with van der Waals surface area (Å²) in [5.74, 6) is 1.03. The highest BCUT2D eigenvalue weighted by molar-refractivity contribution is 5.83. The Hall–Kier alpha value is -2.83. The van der Waals surface area contributed by atoms with Crippen molar-refractivity contribution >= 4 is 11.8 Å². The second-order valence-corrected chi connectivity index (χ2v) is 7.35. The van der Waals surface area contributed by atoms with E-state index in [1.165, 1.54) is 0 Å². The average Bonchev–Trinajstić information content (AvgIpc) is 3.19. The Morgan fingerprint density at radius 2 is 2.00 bits per heavy atom.